The van der Waals surface area contributed by atoms with Crippen LogP contribution in [0.2, 0.25) is 0 Å². The van der Waals surface area contributed by atoms with Gasteiger partial charge in [0.05, 0.1) is 22.4 Å². The molecule has 1 saturated carbocycles. The van der Waals surface area contributed by atoms with E-state index in [1.165, 1.54) is 0 Å². The Morgan fingerprint density at radius 2 is 2.00 bits per heavy atom. The Bertz CT molecular complexity index is 1140. The summed E-state index contributed by atoms with van der Waals surface area (Å²) in [6.07, 6.45) is 5.25. The second-order valence-corrected chi connectivity index (χ2v) is 10.3. The van der Waals surface area contributed by atoms with Crippen molar-refractivity contribution in [2.24, 2.45) is 5.92 Å². The molecule has 0 spiro atoms. The average molecular weight is 443 g/mol. The molecular weight excluding hydrogens is 416 g/mol. The van der Waals surface area contributed by atoms with E-state index in [2.05, 4.69) is 17.2 Å². The molecule has 7 nitrogen and oxygen atoms in total. The summed E-state index contributed by atoms with van der Waals surface area (Å²) in [6.45, 7) is 2.34. The molecule has 0 saturated heterocycles. The lowest BCUT2D eigenvalue weighted by atomic mass is 9.88. The summed E-state index contributed by atoms with van der Waals surface area (Å²) in [4.78, 5) is 16.6. The van der Waals surface area contributed by atoms with E-state index >= 15 is 0 Å². The summed E-state index contributed by atoms with van der Waals surface area (Å²) >= 11 is 0. The van der Waals surface area contributed by atoms with Gasteiger partial charge >= 0.3 is 0 Å². The van der Waals surface area contributed by atoms with Crippen molar-refractivity contribution in [1.82, 2.24) is 10.3 Å². The van der Waals surface area contributed by atoms with Crippen LogP contribution in [0.25, 0.3) is 11.0 Å². The number of carbonyl (C=O) groups excluding carboxylic acids is 1. The fourth-order valence-electron chi connectivity index (χ4n) is 4.13. The van der Waals surface area contributed by atoms with Crippen LogP contribution >= 0.6 is 0 Å². The van der Waals surface area contributed by atoms with Crippen molar-refractivity contribution in [3.05, 3.63) is 60.1 Å². The fourth-order valence-corrected chi connectivity index (χ4v) is 6.23. The zero-order valence-corrected chi connectivity index (χ0v) is 18.4. The van der Waals surface area contributed by atoms with Gasteiger partial charge in [-0.2, -0.15) is 0 Å². The van der Waals surface area contributed by atoms with Crippen molar-refractivity contribution in [2.75, 3.05) is 7.11 Å². The Labute approximate surface area is 181 Å². The van der Waals surface area contributed by atoms with Crippen molar-refractivity contribution < 1.29 is 22.4 Å². The van der Waals surface area contributed by atoms with Crippen molar-refractivity contribution in [3.63, 3.8) is 0 Å². The highest BCUT2D eigenvalue weighted by Crippen LogP contribution is 2.33. The minimum absolute atomic E-state index is 0.208. The van der Waals surface area contributed by atoms with Gasteiger partial charge < -0.3 is 14.5 Å². The number of ether oxygens (including phenoxy) is 1. The second kappa shape index (κ2) is 8.80. The Morgan fingerprint density at radius 3 is 2.71 bits per heavy atom. The van der Waals surface area contributed by atoms with Crippen LogP contribution in [0.4, 0.5) is 0 Å². The summed E-state index contributed by atoms with van der Waals surface area (Å²) in [6, 6.07) is 10.1. The molecule has 3 atom stereocenters. The molecule has 0 radical (unpaired) electrons. The Kier molecular flexibility index (Phi) is 6.11. The summed E-state index contributed by atoms with van der Waals surface area (Å²) in [5, 5.41) is 3.07. The predicted molar refractivity (Wildman–Crippen MR) is 116 cm³/mol. The van der Waals surface area contributed by atoms with Crippen LogP contribution in [0.15, 0.2) is 58.1 Å². The summed E-state index contributed by atoms with van der Waals surface area (Å²) < 4.78 is 37.4. The number of amides is 1. The lowest BCUT2D eigenvalue weighted by Gasteiger charge is -2.33. The molecule has 3 unspecified atom stereocenters. The maximum Gasteiger partial charge on any atom is 0.287 e. The first-order chi connectivity index (χ1) is 14.9. The number of nitrogens with zero attached hydrogens (tertiary/aromatic N) is 1. The molecule has 1 N–H and O–H groups in total. The molecule has 1 amide bonds. The number of rotatable bonds is 6. The van der Waals surface area contributed by atoms with Crippen molar-refractivity contribution in [2.45, 2.75) is 49.0 Å². The molecule has 4 rings (SSSR count). The third-order valence-electron chi connectivity index (χ3n) is 5.95. The van der Waals surface area contributed by atoms with E-state index in [-0.39, 0.29) is 29.2 Å². The molecule has 8 heteroatoms. The van der Waals surface area contributed by atoms with Gasteiger partial charge in [-0.25, -0.2) is 8.42 Å². The first kappa shape index (κ1) is 21.5. The first-order valence-corrected chi connectivity index (χ1v) is 11.9. The Morgan fingerprint density at radius 1 is 1.23 bits per heavy atom. The van der Waals surface area contributed by atoms with Gasteiger partial charge in [-0.3, -0.25) is 9.78 Å². The minimum Gasteiger partial charge on any atom is -0.449 e. The van der Waals surface area contributed by atoms with Gasteiger partial charge in [-0.1, -0.05) is 19.1 Å². The van der Waals surface area contributed by atoms with E-state index in [1.54, 1.807) is 55.9 Å². The van der Waals surface area contributed by atoms with Gasteiger partial charge in [0.2, 0.25) is 0 Å². The number of pyridine rings is 1. The average Bonchev–Trinajstić information content (AvgIpc) is 3.22. The summed E-state index contributed by atoms with van der Waals surface area (Å²) in [5.41, 5.74) is 1.35. The summed E-state index contributed by atoms with van der Waals surface area (Å²) in [7, 11) is -1.92. The van der Waals surface area contributed by atoms with Gasteiger partial charge in [0.25, 0.3) is 5.91 Å². The quantitative estimate of drug-likeness (QED) is 0.625. The topological polar surface area (TPSA) is 98.5 Å². The molecule has 164 valence electrons. The minimum atomic E-state index is -3.50. The smallest absolute Gasteiger partial charge is 0.287 e. The molecule has 1 aromatic carbocycles. The molecule has 1 aliphatic carbocycles. The highest BCUT2D eigenvalue weighted by molar-refractivity contribution is 7.92. The first-order valence-electron chi connectivity index (χ1n) is 10.4. The van der Waals surface area contributed by atoms with Gasteiger partial charge in [-0.15, -0.1) is 0 Å². The van der Waals surface area contributed by atoms with Gasteiger partial charge in [0, 0.05) is 25.2 Å². The molecule has 1 aliphatic rings. The van der Waals surface area contributed by atoms with Crippen LogP contribution in [-0.2, 0) is 21.1 Å². The largest absolute Gasteiger partial charge is 0.449 e. The lowest BCUT2D eigenvalue weighted by Crippen LogP contribution is -2.40. The molecule has 0 bridgehead atoms. The number of hydrogen-bond donors (Lipinski definition) is 1. The number of fused-ring (bicyclic) bond motifs is 1. The molecule has 0 aliphatic heterocycles. The molecule has 3 aromatic rings. The zero-order valence-electron chi connectivity index (χ0n) is 17.6. The number of hydrogen-bond acceptors (Lipinski definition) is 6. The monoisotopic (exact) mass is 442 g/mol. The van der Waals surface area contributed by atoms with Crippen molar-refractivity contribution in [3.8, 4) is 0 Å². The van der Waals surface area contributed by atoms with E-state index < -0.39 is 15.1 Å². The van der Waals surface area contributed by atoms with E-state index in [0.717, 1.165) is 23.8 Å². The number of sulfone groups is 1. The molecule has 2 aromatic heterocycles. The highest BCUT2D eigenvalue weighted by Gasteiger charge is 2.38. The fraction of sp³-hybridized carbons (Fsp3) is 0.391. The number of carbonyl (C=O) groups is 1. The maximum absolute atomic E-state index is 13.2. The molecule has 1 fully saturated rings. The van der Waals surface area contributed by atoms with Crippen LogP contribution in [0, 0.1) is 5.92 Å². The molecule has 31 heavy (non-hydrogen) atoms. The second-order valence-electron chi connectivity index (χ2n) is 8.13. The molecule has 2 heterocycles. The van der Waals surface area contributed by atoms with Crippen LogP contribution < -0.4 is 5.32 Å². The Hall–Kier alpha value is -2.71. The highest BCUT2D eigenvalue weighted by atomic mass is 32.2. The van der Waals surface area contributed by atoms with Crippen LogP contribution in [-0.4, -0.2) is 37.8 Å². The number of benzene rings is 1. The lowest BCUT2D eigenvalue weighted by molar-refractivity contribution is 0.0623. The van der Waals surface area contributed by atoms with Gasteiger partial charge in [0.1, 0.15) is 0 Å². The SMILES string of the molecule is COC1CCC(C)CC1S(=O)(=O)c1ccc(CNC(=O)c2cc3ccncc3o2)cc1. The third kappa shape index (κ3) is 4.50. The van der Waals surface area contributed by atoms with Crippen LogP contribution in [0.3, 0.4) is 0 Å². The van der Waals surface area contributed by atoms with E-state index in [1.807, 2.05) is 0 Å². The van der Waals surface area contributed by atoms with E-state index in [4.69, 9.17) is 9.15 Å². The number of aromatic nitrogens is 1. The predicted octanol–water partition coefficient (Wildman–Crippen LogP) is 3.74. The Balaban J connectivity index is 1.43. The zero-order chi connectivity index (χ0) is 22.0. The normalized spacial score (nSPS) is 21.8. The van der Waals surface area contributed by atoms with Gasteiger partial charge in [0.15, 0.2) is 21.2 Å². The maximum atomic E-state index is 13.2. The standard InChI is InChI=1S/C23H26N2O5S/c1-15-3-8-19(29-2)22(11-15)31(27,28)18-6-4-16(5-7-18)13-25-23(26)20-12-17-9-10-24-14-21(17)30-20/h4-7,9-10,12,14-15,19,22H,3,8,11,13H2,1-2H3,(H,25,26). The third-order valence-corrected chi connectivity index (χ3v) is 8.17. The van der Waals surface area contributed by atoms with Crippen molar-refractivity contribution in [1.29, 1.82) is 0 Å². The van der Waals surface area contributed by atoms with Crippen LogP contribution in [0.5, 0.6) is 0 Å². The van der Waals surface area contributed by atoms with Crippen LogP contribution in [0.1, 0.15) is 42.3 Å². The summed E-state index contributed by atoms with van der Waals surface area (Å²) in [5.74, 6) is 0.223. The number of furan rings is 1. The molecular formula is C23H26N2O5S. The van der Waals surface area contributed by atoms with Gasteiger partial charge in [-0.05, 0) is 55.0 Å². The number of methoxy groups -OCH3 is 1. The number of nitrogens with one attached hydrogen (secondary N) is 1. The van der Waals surface area contributed by atoms with Crippen molar-refractivity contribution >= 4 is 26.7 Å². The van der Waals surface area contributed by atoms with E-state index in [0.29, 0.717) is 17.9 Å². The van der Waals surface area contributed by atoms with E-state index in [9.17, 15) is 13.2 Å².